The van der Waals surface area contributed by atoms with Gasteiger partial charge in [0.2, 0.25) is 0 Å². The summed E-state index contributed by atoms with van der Waals surface area (Å²) >= 11 is 0. The van der Waals surface area contributed by atoms with E-state index in [2.05, 4.69) is 6.92 Å². The van der Waals surface area contributed by atoms with E-state index < -0.39 is 5.41 Å². The molecule has 19 heavy (non-hydrogen) atoms. The largest absolute Gasteiger partial charge is 0.299 e. The molecule has 0 aliphatic rings. The molecule has 0 saturated heterocycles. The summed E-state index contributed by atoms with van der Waals surface area (Å²) in [6.07, 6.45) is 8.98. The summed E-state index contributed by atoms with van der Waals surface area (Å²) in [6.45, 7) is 9.50. The number of hydrogen-bond donors (Lipinski definition) is 0. The third-order valence-electron chi connectivity index (χ3n) is 3.84. The predicted octanol–water partition coefficient (Wildman–Crippen LogP) is 4.95. The van der Waals surface area contributed by atoms with Crippen LogP contribution in [-0.2, 0) is 9.59 Å². The monoisotopic (exact) mass is 268 g/mol. The van der Waals surface area contributed by atoms with Crippen molar-refractivity contribution in [1.82, 2.24) is 0 Å². The number of unbranched alkanes of at least 4 members (excludes halogenated alkanes) is 6. The smallest absolute Gasteiger partial charge is 0.148 e. The fourth-order valence-corrected chi connectivity index (χ4v) is 2.41. The van der Waals surface area contributed by atoms with Gasteiger partial charge in [-0.1, -0.05) is 59.3 Å². The Hall–Kier alpha value is -0.660. The van der Waals surface area contributed by atoms with E-state index in [9.17, 15) is 9.59 Å². The van der Waals surface area contributed by atoms with Crippen molar-refractivity contribution in [2.75, 3.05) is 0 Å². The minimum absolute atomic E-state index is 0.0620. The maximum absolute atomic E-state index is 12.1. The predicted molar refractivity (Wildman–Crippen MR) is 81.2 cm³/mol. The number of hydrogen-bond acceptors (Lipinski definition) is 2. The zero-order chi connectivity index (χ0) is 14.9. The van der Waals surface area contributed by atoms with Gasteiger partial charge in [-0.25, -0.2) is 0 Å². The van der Waals surface area contributed by atoms with E-state index in [1.54, 1.807) is 13.8 Å². The third kappa shape index (κ3) is 6.89. The second-order valence-electron chi connectivity index (χ2n) is 6.44. The average Bonchev–Trinajstić information content (AvgIpc) is 2.36. The number of ketones is 2. The van der Waals surface area contributed by atoms with Gasteiger partial charge < -0.3 is 0 Å². The maximum Gasteiger partial charge on any atom is 0.148 e. The topological polar surface area (TPSA) is 34.1 Å². The van der Waals surface area contributed by atoms with Crippen molar-refractivity contribution in [3.63, 3.8) is 0 Å². The number of carbonyl (C=O) groups excluding carboxylic acids is 2. The van der Waals surface area contributed by atoms with E-state index in [0.717, 1.165) is 12.8 Å². The van der Waals surface area contributed by atoms with Crippen molar-refractivity contribution in [2.45, 2.75) is 86.0 Å². The fourth-order valence-electron chi connectivity index (χ4n) is 2.41. The molecule has 2 heteroatoms. The lowest BCUT2D eigenvalue weighted by molar-refractivity contribution is -0.140. The molecule has 0 amide bonds. The first-order valence-corrected chi connectivity index (χ1v) is 7.91. The summed E-state index contributed by atoms with van der Waals surface area (Å²) in [5, 5.41) is 0. The van der Waals surface area contributed by atoms with Crippen molar-refractivity contribution in [3.05, 3.63) is 0 Å². The molecule has 0 bridgehead atoms. The summed E-state index contributed by atoms with van der Waals surface area (Å²) in [4.78, 5) is 24.1. The van der Waals surface area contributed by atoms with Crippen LogP contribution in [-0.4, -0.2) is 11.6 Å². The van der Waals surface area contributed by atoms with Crippen LogP contribution in [0.15, 0.2) is 0 Å². The molecule has 2 nitrogen and oxygen atoms in total. The van der Waals surface area contributed by atoms with E-state index in [4.69, 9.17) is 0 Å². The van der Waals surface area contributed by atoms with Crippen molar-refractivity contribution in [2.24, 2.45) is 11.3 Å². The molecule has 0 aromatic heterocycles. The summed E-state index contributed by atoms with van der Waals surface area (Å²) in [5.41, 5.74) is -0.795. The normalized spacial score (nSPS) is 11.9. The van der Waals surface area contributed by atoms with Gasteiger partial charge in [-0.05, 0) is 20.3 Å². The SMILES string of the molecule is CCCCCCCCCC(=O)C(C)(C)C(=O)C(C)C. The summed E-state index contributed by atoms with van der Waals surface area (Å²) in [5.74, 6) is 0.119. The second-order valence-corrected chi connectivity index (χ2v) is 6.44. The lowest BCUT2D eigenvalue weighted by atomic mass is 9.77. The Labute approximate surface area is 119 Å². The molecular weight excluding hydrogens is 236 g/mol. The van der Waals surface area contributed by atoms with Gasteiger partial charge >= 0.3 is 0 Å². The summed E-state index contributed by atoms with van der Waals surface area (Å²) in [6, 6.07) is 0. The number of carbonyl (C=O) groups is 2. The van der Waals surface area contributed by atoms with Gasteiger partial charge in [0.05, 0.1) is 5.41 Å². The molecule has 0 atom stereocenters. The molecule has 0 aliphatic heterocycles. The zero-order valence-electron chi connectivity index (χ0n) is 13.6. The highest BCUT2D eigenvalue weighted by atomic mass is 16.2. The van der Waals surface area contributed by atoms with E-state index >= 15 is 0 Å². The highest BCUT2D eigenvalue weighted by Crippen LogP contribution is 2.25. The van der Waals surface area contributed by atoms with Crippen LogP contribution in [0.2, 0.25) is 0 Å². The quantitative estimate of drug-likeness (QED) is 0.392. The lowest BCUT2D eigenvalue weighted by Crippen LogP contribution is -2.36. The molecule has 112 valence electrons. The lowest BCUT2D eigenvalue weighted by Gasteiger charge is -2.23. The van der Waals surface area contributed by atoms with Crippen molar-refractivity contribution >= 4 is 11.6 Å². The highest BCUT2D eigenvalue weighted by Gasteiger charge is 2.35. The van der Waals surface area contributed by atoms with Crippen molar-refractivity contribution in [1.29, 1.82) is 0 Å². The molecule has 0 aliphatic carbocycles. The summed E-state index contributed by atoms with van der Waals surface area (Å²) in [7, 11) is 0. The Kier molecular flexibility index (Phi) is 8.95. The fraction of sp³-hybridized carbons (Fsp3) is 0.882. The van der Waals surface area contributed by atoms with Gasteiger partial charge in [-0.15, -0.1) is 0 Å². The van der Waals surface area contributed by atoms with Crippen LogP contribution in [0.1, 0.15) is 86.0 Å². The van der Waals surface area contributed by atoms with E-state index in [-0.39, 0.29) is 17.5 Å². The first-order valence-electron chi connectivity index (χ1n) is 7.91. The van der Waals surface area contributed by atoms with Crippen LogP contribution in [0.25, 0.3) is 0 Å². The van der Waals surface area contributed by atoms with Crippen molar-refractivity contribution in [3.8, 4) is 0 Å². The minimum Gasteiger partial charge on any atom is -0.299 e. The zero-order valence-corrected chi connectivity index (χ0v) is 13.6. The molecule has 0 fully saturated rings. The Morgan fingerprint density at radius 2 is 1.37 bits per heavy atom. The van der Waals surface area contributed by atoms with Gasteiger partial charge in [-0.2, -0.15) is 0 Å². The van der Waals surface area contributed by atoms with Crippen molar-refractivity contribution < 1.29 is 9.59 Å². The van der Waals surface area contributed by atoms with Crippen LogP contribution in [0.3, 0.4) is 0 Å². The number of Topliss-reactive ketones (excluding diaryl/α,β-unsaturated/α-hetero) is 2. The molecule has 0 saturated carbocycles. The number of rotatable bonds is 11. The van der Waals surface area contributed by atoms with Gasteiger partial charge in [-0.3, -0.25) is 9.59 Å². The van der Waals surface area contributed by atoms with E-state index in [1.807, 2.05) is 13.8 Å². The molecule has 0 aromatic carbocycles. The summed E-state index contributed by atoms with van der Waals surface area (Å²) < 4.78 is 0. The molecule has 0 radical (unpaired) electrons. The van der Waals surface area contributed by atoms with Gasteiger partial charge in [0.15, 0.2) is 0 Å². The van der Waals surface area contributed by atoms with Crippen LogP contribution >= 0.6 is 0 Å². The molecule has 0 N–H and O–H groups in total. The van der Waals surface area contributed by atoms with Crippen LogP contribution in [0, 0.1) is 11.3 Å². The van der Waals surface area contributed by atoms with Gasteiger partial charge in [0, 0.05) is 12.3 Å². The first kappa shape index (κ1) is 18.3. The molecule has 0 rings (SSSR count). The Morgan fingerprint density at radius 3 is 1.84 bits per heavy atom. The standard InChI is InChI=1S/C17H32O2/c1-6-7-8-9-10-11-12-13-15(18)17(4,5)16(19)14(2)3/h14H,6-13H2,1-5H3. The Bertz CT molecular complexity index is 277. The second kappa shape index (κ2) is 9.28. The molecule has 0 unspecified atom stereocenters. The van der Waals surface area contributed by atoms with Crippen LogP contribution in [0.5, 0.6) is 0 Å². The van der Waals surface area contributed by atoms with Gasteiger partial charge in [0.25, 0.3) is 0 Å². The molecule has 0 heterocycles. The van der Waals surface area contributed by atoms with E-state index in [1.165, 1.54) is 32.1 Å². The molecular formula is C17H32O2. The van der Waals surface area contributed by atoms with Gasteiger partial charge in [0.1, 0.15) is 11.6 Å². The molecule has 0 aromatic rings. The average molecular weight is 268 g/mol. The maximum atomic E-state index is 12.1. The minimum atomic E-state index is -0.795. The highest BCUT2D eigenvalue weighted by molar-refractivity contribution is 6.06. The third-order valence-corrected chi connectivity index (χ3v) is 3.84. The Morgan fingerprint density at radius 1 is 0.895 bits per heavy atom. The van der Waals surface area contributed by atoms with E-state index in [0.29, 0.717) is 6.42 Å². The first-order chi connectivity index (χ1) is 8.84. The molecule has 0 spiro atoms. The Balaban J connectivity index is 3.88. The van der Waals surface area contributed by atoms with Crippen LogP contribution < -0.4 is 0 Å². The van der Waals surface area contributed by atoms with Crippen LogP contribution in [0.4, 0.5) is 0 Å².